The van der Waals surface area contributed by atoms with E-state index in [0.29, 0.717) is 5.92 Å². The molecule has 0 saturated heterocycles. The minimum Gasteiger partial charge on any atom is -0.452 e. The van der Waals surface area contributed by atoms with Crippen molar-refractivity contribution in [2.24, 2.45) is 5.92 Å². The van der Waals surface area contributed by atoms with Crippen LogP contribution in [0.3, 0.4) is 0 Å². The SMILES string of the molecule is CNS(=O)(=O)c1ccc(Cl)c(C(=O)OCC(=O)N[C@@H](C)C2CC2)c1. The maximum atomic E-state index is 12.1. The molecular formula is C15H19ClN2O5S. The summed E-state index contributed by atoms with van der Waals surface area (Å²) in [5.74, 6) is -0.775. The summed E-state index contributed by atoms with van der Waals surface area (Å²) in [6, 6.07) is 3.72. The number of hydrogen-bond donors (Lipinski definition) is 2. The number of rotatable bonds is 7. The van der Waals surface area contributed by atoms with E-state index in [2.05, 4.69) is 10.0 Å². The largest absolute Gasteiger partial charge is 0.452 e. The minimum atomic E-state index is -3.72. The highest BCUT2D eigenvalue weighted by molar-refractivity contribution is 7.89. The molecule has 7 nitrogen and oxygen atoms in total. The summed E-state index contributed by atoms with van der Waals surface area (Å²) < 4.78 is 30.6. The smallest absolute Gasteiger partial charge is 0.340 e. The van der Waals surface area contributed by atoms with Crippen molar-refractivity contribution in [3.63, 3.8) is 0 Å². The van der Waals surface area contributed by atoms with Gasteiger partial charge in [-0.15, -0.1) is 0 Å². The zero-order valence-electron chi connectivity index (χ0n) is 13.3. The number of ether oxygens (including phenoxy) is 1. The van der Waals surface area contributed by atoms with Crippen LogP contribution in [0, 0.1) is 5.92 Å². The Kier molecular flexibility index (Phi) is 5.84. The number of carbonyl (C=O) groups is 2. The highest BCUT2D eigenvalue weighted by atomic mass is 35.5. The van der Waals surface area contributed by atoms with Crippen molar-refractivity contribution < 1.29 is 22.7 Å². The van der Waals surface area contributed by atoms with Gasteiger partial charge in [0, 0.05) is 6.04 Å². The molecule has 0 bridgehead atoms. The van der Waals surface area contributed by atoms with Gasteiger partial charge in [-0.05, 0) is 50.9 Å². The van der Waals surface area contributed by atoms with Crippen LogP contribution >= 0.6 is 11.6 Å². The Morgan fingerprint density at radius 1 is 1.38 bits per heavy atom. The molecular weight excluding hydrogens is 356 g/mol. The molecule has 1 saturated carbocycles. The highest BCUT2D eigenvalue weighted by Gasteiger charge is 2.29. The van der Waals surface area contributed by atoms with Crippen LogP contribution in [0.5, 0.6) is 0 Å². The van der Waals surface area contributed by atoms with Gasteiger partial charge in [0.1, 0.15) is 0 Å². The number of sulfonamides is 1. The summed E-state index contributed by atoms with van der Waals surface area (Å²) in [5, 5.41) is 2.80. The second kappa shape index (κ2) is 7.50. The first-order valence-corrected chi connectivity index (χ1v) is 9.30. The number of benzene rings is 1. The Labute approximate surface area is 145 Å². The predicted octanol–water partition coefficient (Wildman–Crippen LogP) is 1.32. The van der Waals surface area contributed by atoms with Crippen molar-refractivity contribution in [3.05, 3.63) is 28.8 Å². The summed E-state index contributed by atoms with van der Waals surface area (Å²) in [7, 11) is -2.46. The van der Waals surface area contributed by atoms with Gasteiger partial charge in [-0.3, -0.25) is 4.79 Å². The first-order valence-electron chi connectivity index (χ1n) is 7.44. The van der Waals surface area contributed by atoms with Crippen molar-refractivity contribution in [2.75, 3.05) is 13.7 Å². The van der Waals surface area contributed by atoms with Crippen LogP contribution in [0.2, 0.25) is 5.02 Å². The molecule has 1 atom stereocenters. The fourth-order valence-corrected chi connectivity index (χ4v) is 3.11. The van der Waals surface area contributed by atoms with Crippen LogP contribution in [0.1, 0.15) is 30.1 Å². The Bertz CT molecular complexity index is 746. The molecule has 1 aromatic rings. The van der Waals surface area contributed by atoms with Crippen LogP contribution in [0.4, 0.5) is 0 Å². The fraction of sp³-hybridized carbons (Fsp3) is 0.467. The Morgan fingerprint density at radius 2 is 2.04 bits per heavy atom. The number of esters is 1. The molecule has 0 aromatic heterocycles. The van der Waals surface area contributed by atoms with E-state index in [4.69, 9.17) is 16.3 Å². The normalized spacial score (nSPS) is 15.6. The molecule has 0 aliphatic heterocycles. The molecule has 0 radical (unpaired) electrons. The van der Waals surface area contributed by atoms with E-state index in [-0.39, 0.29) is 21.5 Å². The van der Waals surface area contributed by atoms with Gasteiger partial charge < -0.3 is 10.1 Å². The van der Waals surface area contributed by atoms with Gasteiger partial charge in [-0.25, -0.2) is 17.9 Å². The zero-order valence-corrected chi connectivity index (χ0v) is 14.9. The molecule has 2 N–H and O–H groups in total. The number of carbonyl (C=O) groups excluding carboxylic acids is 2. The van der Waals surface area contributed by atoms with E-state index >= 15 is 0 Å². The molecule has 1 aromatic carbocycles. The van der Waals surface area contributed by atoms with Crippen LogP contribution in [-0.4, -0.2) is 40.0 Å². The second-order valence-electron chi connectivity index (χ2n) is 5.62. The highest BCUT2D eigenvalue weighted by Crippen LogP contribution is 2.32. The lowest BCUT2D eigenvalue weighted by molar-refractivity contribution is -0.124. The van der Waals surface area contributed by atoms with Gasteiger partial charge in [0.2, 0.25) is 10.0 Å². The van der Waals surface area contributed by atoms with E-state index < -0.39 is 28.5 Å². The number of amides is 1. The zero-order chi connectivity index (χ0) is 17.9. The maximum absolute atomic E-state index is 12.1. The molecule has 1 amide bonds. The molecule has 0 unspecified atom stereocenters. The standard InChI is InChI=1S/C15H19ClN2O5S/c1-9(10-3-4-10)18-14(19)8-23-15(20)12-7-11(5-6-13(12)16)24(21,22)17-2/h5-7,9-10,17H,3-4,8H2,1-2H3,(H,18,19)/t9-/m0/s1. The lowest BCUT2D eigenvalue weighted by atomic mass is 10.2. The molecule has 132 valence electrons. The third-order valence-electron chi connectivity index (χ3n) is 3.79. The van der Waals surface area contributed by atoms with E-state index in [9.17, 15) is 18.0 Å². The molecule has 0 heterocycles. The molecule has 1 aliphatic carbocycles. The van der Waals surface area contributed by atoms with Gasteiger partial charge in [-0.2, -0.15) is 0 Å². The first-order chi connectivity index (χ1) is 11.2. The Morgan fingerprint density at radius 3 is 2.62 bits per heavy atom. The van der Waals surface area contributed by atoms with E-state index in [1.807, 2.05) is 6.92 Å². The monoisotopic (exact) mass is 374 g/mol. The van der Waals surface area contributed by atoms with Gasteiger partial charge in [0.05, 0.1) is 15.5 Å². The van der Waals surface area contributed by atoms with Gasteiger partial charge >= 0.3 is 5.97 Å². The summed E-state index contributed by atoms with van der Waals surface area (Å²) in [6.07, 6.45) is 2.17. The van der Waals surface area contributed by atoms with Crippen molar-refractivity contribution in [2.45, 2.75) is 30.7 Å². The van der Waals surface area contributed by atoms with Crippen molar-refractivity contribution in [3.8, 4) is 0 Å². The average molecular weight is 375 g/mol. The van der Waals surface area contributed by atoms with Crippen LogP contribution in [0.15, 0.2) is 23.1 Å². The Hall–Kier alpha value is -1.64. The second-order valence-corrected chi connectivity index (χ2v) is 7.91. The van der Waals surface area contributed by atoms with Gasteiger partial charge in [0.25, 0.3) is 5.91 Å². The van der Waals surface area contributed by atoms with Crippen molar-refractivity contribution in [1.29, 1.82) is 0 Å². The summed E-state index contributed by atoms with van der Waals surface area (Å²) >= 11 is 5.92. The average Bonchev–Trinajstić information content (AvgIpc) is 3.37. The lowest BCUT2D eigenvalue weighted by Gasteiger charge is -2.13. The fourth-order valence-electron chi connectivity index (χ4n) is 2.16. The molecule has 9 heteroatoms. The van der Waals surface area contributed by atoms with E-state index in [1.54, 1.807) is 0 Å². The van der Waals surface area contributed by atoms with Gasteiger partial charge in [0.15, 0.2) is 6.61 Å². The number of hydrogen-bond acceptors (Lipinski definition) is 5. The van der Waals surface area contributed by atoms with Crippen LogP contribution in [0.25, 0.3) is 0 Å². The van der Waals surface area contributed by atoms with Crippen LogP contribution < -0.4 is 10.0 Å². The predicted molar refractivity (Wildman–Crippen MR) is 88.3 cm³/mol. The molecule has 1 aliphatic rings. The molecule has 24 heavy (non-hydrogen) atoms. The minimum absolute atomic E-state index is 0.0433. The third-order valence-corrected chi connectivity index (χ3v) is 5.53. The van der Waals surface area contributed by atoms with Gasteiger partial charge in [-0.1, -0.05) is 11.6 Å². The van der Waals surface area contributed by atoms with Crippen molar-refractivity contribution >= 4 is 33.5 Å². The lowest BCUT2D eigenvalue weighted by Crippen LogP contribution is -2.37. The summed E-state index contributed by atoms with van der Waals surface area (Å²) in [4.78, 5) is 23.7. The molecule has 0 spiro atoms. The Balaban J connectivity index is 2.01. The summed E-state index contributed by atoms with van der Waals surface area (Å²) in [6.45, 7) is 1.45. The van der Waals surface area contributed by atoms with E-state index in [1.165, 1.54) is 19.2 Å². The van der Waals surface area contributed by atoms with E-state index in [0.717, 1.165) is 18.9 Å². The van der Waals surface area contributed by atoms with Crippen LogP contribution in [-0.2, 0) is 19.6 Å². The summed E-state index contributed by atoms with van der Waals surface area (Å²) in [5.41, 5.74) is -0.115. The number of nitrogens with one attached hydrogen (secondary N) is 2. The number of halogens is 1. The first kappa shape index (κ1) is 18.7. The van der Waals surface area contributed by atoms with Crippen molar-refractivity contribution in [1.82, 2.24) is 10.0 Å². The topological polar surface area (TPSA) is 102 Å². The molecule has 1 fully saturated rings. The maximum Gasteiger partial charge on any atom is 0.340 e. The molecule has 2 rings (SSSR count). The quantitative estimate of drug-likeness (QED) is 0.701. The third kappa shape index (κ3) is 4.68.